The van der Waals surface area contributed by atoms with Gasteiger partial charge in [-0.15, -0.1) is 0 Å². The number of benzene rings is 4. The van der Waals surface area contributed by atoms with Crippen molar-refractivity contribution in [3.8, 4) is 0 Å². The van der Waals surface area contributed by atoms with E-state index in [-0.39, 0.29) is 23.5 Å². The van der Waals surface area contributed by atoms with Gasteiger partial charge >= 0.3 is 0 Å². The number of likely N-dealkylation sites (N-methyl/N-ethyl adjacent to an activating group) is 1. The molecule has 43 heavy (non-hydrogen) atoms. The smallest absolute Gasteiger partial charge is 0.264 e. The van der Waals surface area contributed by atoms with E-state index in [0.717, 1.165) is 15.4 Å². The van der Waals surface area contributed by atoms with Gasteiger partial charge in [0.25, 0.3) is 10.0 Å². The SMILES string of the molecule is CNC(=O)C(Cc1ccccc1)N(Cc1ccc(F)cc1)C(=O)CN(c1ccc(Cl)cc1C)S(=O)(=O)c1ccc(C)cc1. The average molecular weight is 622 g/mol. The van der Waals surface area contributed by atoms with Gasteiger partial charge in [-0.2, -0.15) is 0 Å². The van der Waals surface area contributed by atoms with Crippen LogP contribution < -0.4 is 9.62 Å². The average Bonchev–Trinajstić information content (AvgIpc) is 2.99. The Labute approximate surface area is 257 Å². The molecular formula is C33H33ClFN3O4S. The number of anilines is 1. The highest BCUT2D eigenvalue weighted by Crippen LogP contribution is 2.30. The topological polar surface area (TPSA) is 86.8 Å². The Hall–Kier alpha value is -4.21. The molecule has 0 aliphatic carbocycles. The lowest BCUT2D eigenvalue weighted by atomic mass is 10.0. The summed E-state index contributed by atoms with van der Waals surface area (Å²) in [6.07, 6.45) is 0.179. The van der Waals surface area contributed by atoms with Crippen LogP contribution in [-0.2, 0) is 32.6 Å². The normalized spacial score (nSPS) is 11.9. The van der Waals surface area contributed by atoms with Crippen LogP contribution in [0.5, 0.6) is 0 Å². The first-order valence-electron chi connectivity index (χ1n) is 13.6. The van der Waals surface area contributed by atoms with Crippen LogP contribution in [0.3, 0.4) is 0 Å². The molecule has 1 atom stereocenters. The minimum Gasteiger partial charge on any atom is -0.357 e. The second kappa shape index (κ2) is 13.8. The molecule has 0 aliphatic heterocycles. The standard InChI is InChI=1S/C33H33ClFN3O4S/c1-23-9-16-29(17-10-23)43(41,42)38(30-18-13-27(34)19-24(30)2)22-32(39)37(21-26-11-14-28(35)15-12-26)31(33(40)36-3)20-25-7-5-4-6-8-25/h4-19,31H,20-22H2,1-3H3,(H,36,40). The van der Waals surface area contributed by atoms with Crippen molar-refractivity contribution in [1.82, 2.24) is 10.2 Å². The largest absolute Gasteiger partial charge is 0.357 e. The molecule has 7 nitrogen and oxygen atoms in total. The van der Waals surface area contributed by atoms with Crippen molar-refractivity contribution in [2.45, 2.75) is 37.8 Å². The third-order valence-electron chi connectivity index (χ3n) is 7.10. The van der Waals surface area contributed by atoms with E-state index in [1.165, 1.54) is 48.3 Å². The minimum absolute atomic E-state index is 0.0115. The molecule has 0 saturated heterocycles. The number of amides is 2. The number of carbonyl (C=O) groups excluding carboxylic acids is 2. The summed E-state index contributed by atoms with van der Waals surface area (Å²) in [5.74, 6) is -1.48. The molecule has 0 saturated carbocycles. The van der Waals surface area contributed by atoms with E-state index >= 15 is 0 Å². The lowest BCUT2D eigenvalue weighted by molar-refractivity contribution is -0.139. The second-order valence-electron chi connectivity index (χ2n) is 10.2. The third kappa shape index (κ3) is 7.80. The highest BCUT2D eigenvalue weighted by atomic mass is 35.5. The molecule has 10 heteroatoms. The number of nitrogens with one attached hydrogen (secondary N) is 1. The number of hydrogen-bond donors (Lipinski definition) is 1. The van der Waals surface area contributed by atoms with Gasteiger partial charge in [-0.05, 0) is 73.0 Å². The van der Waals surface area contributed by atoms with Crippen LogP contribution in [-0.4, -0.2) is 44.8 Å². The van der Waals surface area contributed by atoms with Gasteiger partial charge in [-0.1, -0.05) is 71.8 Å². The zero-order valence-electron chi connectivity index (χ0n) is 24.1. The summed E-state index contributed by atoms with van der Waals surface area (Å²) < 4.78 is 43.0. The molecule has 0 aromatic heterocycles. The zero-order chi connectivity index (χ0) is 31.1. The van der Waals surface area contributed by atoms with Gasteiger partial charge in [0.2, 0.25) is 11.8 Å². The van der Waals surface area contributed by atoms with E-state index in [0.29, 0.717) is 16.1 Å². The van der Waals surface area contributed by atoms with Gasteiger partial charge < -0.3 is 10.2 Å². The van der Waals surface area contributed by atoms with Crippen LogP contribution in [0.1, 0.15) is 22.3 Å². The van der Waals surface area contributed by atoms with Crippen molar-refractivity contribution in [2.24, 2.45) is 0 Å². The molecule has 2 amide bonds. The van der Waals surface area contributed by atoms with Crippen LogP contribution in [0.4, 0.5) is 10.1 Å². The fourth-order valence-corrected chi connectivity index (χ4v) is 6.46. The first-order valence-corrected chi connectivity index (χ1v) is 15.5. The van der Waals surface area contributed by atoms with Crippen molar-refractivity contribution in [2.75, 3.05) is 17.9 Å². The first kappa shape index (κ1) is 31.7. The van der Waals surface area contributed by atoms with E-state index in [1.54, 1.807) is 37.3 Å². The van der Waals surface area contributed by atoms with Crippen molar-refractivity contribution < 1.29 is 22.4 Å². The summed E-state index contributed by atoms with van der Waals surface area (Å²) in [5, 5.41) is 3.06. The van der Waals surface area contributed by atoms with Crippen molar-refractivity contribution in [1.29, 1.82) is 0 Å². The highest BCUT2D eigenvalue weighted by molar-refractivity contribution is 7.92. The van der Waals surface area contributed by atoms with Crippen molar-refractivity contribution in [3.63, 3.8) is 0 Å². The van der Waals surface area contributed by atoms with Gasteiger partial charge in [0.05, 0.1) is 10.6 Å². The summed E-state index contributed by atoms with van der Waals surface area (Å²) in [7, 11) is -2.75. The van der Waals surface area contributed by atoms with E-state index in [1.807, 2.05) is 37.3 Å². The lowest BCUT2D eigenvalue weighted by Gasteiger charge is -2.34. The molecular weight excluding hydrogens is 589 g/mol. The summed E-state index contributed by atoms with van der Waals surface area (Å²) >= 11 is 6.18. The Kier molecular flexibility index (Phi) is 10.2. The van der Waals surface area contributed by atoms with E-state index in [9.17, 15) is 22.4 Å². The molecule has 0 aliphatic rings. The molecule has 0 spiro atoms. The molecule has 1 N–H and O–H groups in total. The number of halogens is 2. The maximum absolute atomic E-state index is 14.3. The van der Waals surface area contributed by atoms with Crippen molar-refractivity contribution in [3.05, 3.63) is 130 Å². The maximum atomic E-state index is 14.3. The molecule has 4 aromatic rings. The molecule has 0 radical (unpaired) electrons. The van der Waals surface area contributed by atoms with Gasteiger partial charge in [0.1, 0.15) is 18.4 Å². The zero-order valence-corrected chi connectivity index (χ0v) is 25.7. The minimum atomic E-state index is -4.23. The number of rotatable bonds is 11. The Morgan fingerprint density at radius 1 is 0.884 bits per heavy atom. The summed E-state index contributed by atoms with van der Waals surface area (Å²) in [4.78, 5) is 29.0. The number of carbonyl (C=O) groups is 2. The fourth-order valence-electron chi connectivity index (χ4n) is 4.76. The fraction of sp³-hybridized carbons (Fsp3) is 0.212. The summed E-state index contributed by atoms with van der Waals surface area (Å²) in [6, 6.07) is 24.9. The van der Waals surface area contributed by atoms with Gasteiger partial charge in [-0.25, -0.2) is 12.8 Å². The molecule has 4 rings (SSSR count). The number of aryl methyl sites for hydroxylation is 2. The van der Waals surface area contributed by atoms with Gasteiger partial charge in [0, 0.05) is 25.0 Å². The quantitative estimate of drug-likeness (QED) is 0.234. The van der Waals surface area contributed by atoms with Crippen LogP contribution in [0.25, 0.3) is 0 Å². The predicted molar refractivity (Wildman–Crippen MR) is 167 cm³/mol. The molecule has 0 heterocycles. The predicted octanol–water partition coefficient (Wildman–Crippen LogP) is 5.68. The lowest BCUT2D eigenvalue weighted by Crippen LogP contribution is -2.53. The van der Waals surface area contributed by atoms with Crippen LogP contribution in [0, 0.1) is 19.7 Å². The van der Waals surface area contributed by atoms with E-state index in [4.69, 9.17) is 11.6 Å². The Balaban J connectivity index is 1.81. The number of nitrogens with zero attached hydrogens (tertiary/aromatic N) is 2. The molecule has 4 aromatic carbocycles. The summed E-state index contributed by atoms with van der Waals surface area (Å²) in [5.41, 5.74) is 3.09. The van der Waals surface area contributed by atoms with E-state index < -0.39 is 40.2 Å². The molecule has 0 bridgehead atoms. The molecule has 0 fully saturated rings. The summed E-state index contributed by atoms with van der Waals surface area (Å²) in [6.45, 7) is 2.91. The van der Waals surface area contributed by atoms with Crippen LogP contribution in [0.15, 0.2) is 102 Å². The first-order chi connectivity index (χ1) is 20.5. The number of sulfonamides is 1. The molecule has 224 valence electrons. The van der Waals surface area contributed by atoms with Gasteiger partial charge in [-0.3, -0.25) is 13.9 Å². The van der Waals surface area contributed by atoms with Crippen molar-refractivity contribution >= 4 is 39.1 Å². The third-order valence-corrected chi connectivity index (χ3v) is 9.11. The number of hydrogen-bond acceptors (Lipinski definition) is 4. The maximum Gasteiger partial charge on any atom is 0.264 e. The van der Waals surface area contributed by atoms with Crippen LogP contribution >= 0.6 is 11.6 Å². The highest BCUT2D eigenvalue weighted by Gasteiger charge is 2.34. The molecule has 1 unspecified atom stereocenters. The van der Waals surface area contributed by atoms with Crippen LogP contribution in [0.2, 0.25) is 5.02 Å². The van der Waals surface area contributed by atoms with Gasteiger partial charge in [0.15, 0.2) is 0 Å². The Morgan fingerprint density at radius 3 is 2.14 bits per heavy atom. The second-order valence-corrected chi connectivity index (χ2v) is 12.5. The monoisotopic (exact) mass is 621 g/mol. The van der Waals surface area contributed by atoms with E-state index in [2.05, 4.69) is 5.32 Å². The Morgan fingerprint density at radius 2 is 1.53 bits per heavy atom. The Bertz CT molecular complexity index is 1680.